The van der Waals surface area contributed by atoms with Gasteiger partial charge in [0.25, 0.3) is 0 Å². The quantitative estimate of drug-likeness (QED) is 0.869. The fourth-order valence-corrected chi connectivity index (χ4v) is 3.82. The summed E-state index contributed by atoms with van der Waals surface area (Å²) in [6.45, 7) is 0. The third kappa shape index (κ3) is 2.61. The summed E-state index contributed by atoms with van der Waals surface area (Å²) in [4.78, 5) is 24.3. The van der Waals surface area contributed by atoms with Gasteiger partial charge in [-0.2, -0.15) is 0 Å². The van der Waals surface area contributed by atoms with Crippen LogP contribution < -0.4 is 0 Å². The first-order valence-corrected chi connectivity index (χ1v) is 8.42. The zero-order valence-electron chi connectivity index (χ0n) is 13.6. The topological polar surface area (TPSA) is 83.8 Å². The molecule has 2 aliphatic rings. The number of Topliss-reactive ketones (excluding diaryl/α,β-unsaturated/α-hetero) is 2. The Kier molecular flexibility index (Phi) is 3.81. The van der Waals surface area contributed by atoms with Crippen LogP contribution in [0.2, 0.25) is 0 Å². The molecule has 2 N–H and O–H groups in total. The smallest absolute Gasteiger partial charge is 0.167 e. The lowest BCUT2D eigenvalue weighted by Crippen LogP contribution is -2.23. The minimum atomic E-state index is -0.415. The van der Waals surface area contributed by atoms with Crippen LogP contribution >= 0.6 is 0 Å². The standard InChI is InChI=1S/C20H18O5/c21-13-7-10-18(20-11(13)3-1-6-15(20)23)25-17-9-8-16(24)19-12(17)4-2-5-14(19)22/h1-6,17-18,22-23H,7-10H2. The number of fused-ring (bicyclic) bond motifs is 2. The van der Waals surface area contributed by atoms with Gasteiger partial charge in [-0.15, -0.1) is 0 Å². The molecule has 0 radical (unpaired) electrons. The lowest BCUT2D eigenvalue weighted by Gasteiger charge is -2.32. The molecule has 5 nitrogen and oxygen atoms in total. The fraction of sp³-hybridized carbons (Fsp3) is 0.300. The molecule has 2 aromatic carbocycles. The molecule has 2 atom stereocenters. The van der Waals surface area contributed by atoms with Crippen LogP contribution in [0.5, 0.6) is 11.5 Å². The van der Waals surface area contributed by atoms with Gasteiger partial charge in [0, 0.05) is 24.0 Å². The Bertz CT molecular complexity index is 870. The van der Waals surface area contributed by atoms with Gasteiger partial charge in [0.2, 0.25) is 0 Å². The largest absolute Gasteiger partial charge is 0.508 e. The SMILES string of the molecule is O=C1CCC(OC2CCC(=O)c3c(O)cccc32)c2c(O)cccc21. The molecule has 0 saturated heterocycles. The third-order valence-electron chi connectivity index (χ3n) is 5.00. The van der Waals surface area contributed by atoms with Crippen LogP contribution in [-0.2, 0) is 4.74 Å². The van der Waals surface area contributed by atoms with Crippen LogP contribution in [-0.4, -0.2) is 21.8 Å². The number of ketones is 2. The Hall–Kier alpha value is -2.66. The number of aromatic hydroxyl groups is 2. The minimum absolute atomic E-state index is 0.00242. The summed E-state index contributed by atoms with van der Waals surface area (Å²) in [5.41, 5.74) is 2.02. The highest BCUT2D eigenvalue weighted by Gasteiger charge is 2.34. The Morgan fingerprint density at radius 1 is 0.840 bits per heavy atom. The van der Waals surface area contributed by atoms with Crippen molar-refractivity contribution in [2.45, 2.75) is 37.9 Å². The molecule has 2 unspecified atom stereocenters. The normalized spacial score (nSPS) is 22.4. The zero-order chi connectivity index (χ0) is 17.6. The molecule has 0 bridgehead atoms. The summed E-state index contributed by atoms with van der Waals surface area (Å²) in [6.07, 6.45) is 0.895. The predicted molar refractivity (Wildman–Crippen MR) is 89.9 cm³/mol. The highest BCUT2D eigenvalue weighted by atomic mass is 16.5. The van der Waals surface area contributed by atoms with E-state index in [1.807, 2.05) is 0 Å². The van der Waals surface area contributed by atoms with Gasteiger partial charge in [0.05, 0.1) is 17.8 Å². The Morgan fingerprint density at radius 2 is 1.52 bits per heavy atom. The van der Waals surface area contributed by atoms with Crippen molar-refractivity contribution in [3.8, 4) is 11.5 Å². The number of hydrogen-bond acceptors (Lipinski definition) is 5. The molecule has 128 valence electrons. The maximum atomic E-state index is 12.1. The molecule has 2 aliphatic carbocycles. The first-order valence-electron chi connectivity index (χ1n) is 8.42. The van der Waals surface area contributed by atoms with Gasteiger partial charge in [-0.1, -0.05) is 24.3 Å². The summed E-state index contributed by atoms with van der Waals surface area (Å²) in [5, 5.41) is 20.3. The first kappa shape index (κ1) is 15.8. The number of carbonyl (C=O) groups excluding carboxylic acids is 2. The number of benzene rings is 2. The first-order chi connectivity index (χ1) is 12.1. The van der Waals surface area contributed by atoms with E-state index in [9.17, 15) is 19.8 Å². The number of hydrogen-bond donors (Lipinski definition) is 2. The van der Waals surface area contributed by atoms with Crippen molar-refractivity contribution in [3.05, 3.63) is 58.7 Å². The molecule has 5 heteroatoms. The van der Waals surface area contributed by atoms with Crippen LogP contribution in [0.1, 0.15) is 69.7 Å². The molecular formula is C20H18O5. The molecule has 0 spiro atoms. The third-order valence-corrected chi connectivity index (χ3v) is 5.00. The Balaban J connectivity index is 1.70. The summed E-state index contributed by atoms with van der Waals surface area (Å²) >= 11 is 0. The van der Waals surface area contributed by atoms with E-state index in [1.165, 1.54) is 6.07 Å². The minimum Gasteiger partial charge on any atom is -0.508 e. The van der Waals surface area contributed by atoms with Crippen molar-refractivity contribution in [1.82, 2.24) is 0 Å². The van der Waals surface area contributed by atoms with Crippen LogP contribution in [0.15, 0.2) is 36.4 Å². The molecular weight excluding hydrogens is 320 g/mol. The lowest BCUT2D eigenvalue weighted by molar-refractivity contribution is -0.0303. The van der Waals surface area contributed by atoms with Crippen LogP contribution in [0, 0.1) is 0 Å². The van der Waals surface area contributed by atoms with Crippen LogP contribution in [0.3, 0.4) is 0 Å². The van der Waals surface area contributed by atoms with E-state index in [1.54, 1.807) is 30.3 Å². The number of phenolic OH excluding ortho intramolecular Hbond substituents is 2. The van der Waals surface area contributed by atoms with Gasteiger partial charge in [-0.25, -0.2) is 0 Å². The monoisotopic (exact) mass is 338 g/mol. The van der Waals surface area contributed by atoms with E-state index in [0.29, 0.717) is 47.9 Å². The van der Waals surface area contributed by atoms with E-state index in [4.69, 9.17) is 4.74 Å². The molecule has 0 aliphatic heterocycles. The zero-order valence-corrected chi connectivity index (χ0v) is 13.6. The number of phenols is 2. The van der Waals surface area contributed by atoms with Gasteiger partial charge in [-0.3, -0.25) is 9.59 Å². The van der Waals surface area contributed by atoms with Crippen molar-refractivity contribution in [2.75, 3.05) is 0 Å². The van der Waals surface area contributed by atoms with Crippen LogP contribution in [0.25, 0.3) is 0 Å². The second kappa shape index (κ2) is 6.01. The van der Waals surface area contributed by atoms with Gasteiger partial charge in [-0.05, 0) is 30.5 Å². The average molecular weight is 338 g/mol. The summed E-state index contributed by atoms with van der Waals surface area (Å²) in [5.74, 6) is -0.0610. The van der Waals surface area contributed by atoms with E-state index < -0.39 is 6.10 Å². The maximum absolute atomic E-state index is 12.1. The molecule has 0 aromatic heterocycles. The van der Waals surface area contributed by atoms with Crippen molar-refractivity contribution < 1.29 is 24.5 Å². The molecule has 2 aromatic rings. The molecule has 0 fully saturated rings. The van der Waals surface area contributed by atoms with E-state index in [-0.39, 0.29) is 29.2 Å². The average Bonchev–Trinajstić information content (AvgIpc) is 2.60. The Labute approximate surface area is 144 Å². The summed E-state index contributed by atoms with van der Waals surface area (Å²) < 4.78 is 6.24. The maximum Gasteiger partial charge on any atom is 0.167 e. The second-order valence-corrected chi connectivity index (χ2v) is 6.52. The van der Waals surface area contributed by atoms with Crippen molar-refractivity contribution >= 4 is 11.6 Å². The number of carbonyl (C=O) groups is 2. The van der Waals surface area contributed by atoms with E-state index in [0.717, 1.165) is 0 Å². The van der Waals surface area contributed by atoms with Crippen molar-refractivity contribution in [2.24, 2.45) is 0 Å². The predicted octanol–water partition coefficient (Wildman–Crippen LogP) is 3.85. The molecule has 0 heterocycles. The van der Waals surface area contributed by atoms with E-state index >= 15 is 0 Å². The highest BCUT2D eigenvalue weighted by Crippen LogP contribution is 2.44. The van der Waals surface area contributed by atoms with Gasteiger partial charge in [0.15, 0.2) is 11.6 Å². The fourth-order valence-electron chi connectivity index (χ4n) is 3.82. The Morgan fingerprint density at radius 3 is 2.36 bits per heavy atom. The van der Waals surface area contributed by atoms with Gasteiger partial charge < -0.3 is 14.9 Å². The molecule has 4 rings (SSSR count). The number of rotatable bonds is 2. The van der Waals surface area contributed by atoms with Gasteiger partial charge in [0.1, 0.15) is 11.5 Å². The van der Waals surface area contributed by atoms with Crippen LogP contribution in [0.4, 0.5) is 0 Å². The molecule has 0 saturated carbocycles. The van der Waals surface area contributed by atoms with Crippen molar-refractivity contribution in [3.63, 3.8) is 0 Å². The lowest BCUT2D eigenvalue weighted by atomic mass is 9.85. The molecule has 0 amide bonds. The number of ether oxygens (including phenoxy) is 1. The second-order valence-electron chi connectivity index (χ2n) is 6.52. The van der Waals surface area contributed by atoms with Crippen molar-refractivity contribution in [1.29, 1.82) is 0 Å². The van der Waals surface area contributed by atoms with E-state index in [2.05, 4.69) is 0 Å². The molecule has 25 heavy (non-hydrogen) atoms. The van der Waals surface area contributed by atoms with Gasteiger partial charge >= 0.3 is 0 Å². The summed E-state index contributed by atoms with van der Waals surface area (Å²) in [6, 6.07) is 9.89. The highest BCUT2D eigenvalue weighted by molar-refractivity contribution is 6.01. The summed E-state index contributed by atoms with van der Waals surface area (Å²) in [7, 11) is 0.